The van der Waals surface area contributed by atoms with E-state index in [-0.39, 0.29) is 11.8 Å². The molecular formula is C10H9ClF2N2O4. The van der Waals surface area contributed by atoms with Gasteiger partial charge in [-0.1, -0.05) is 11.6 Å². The average Bonchev–Trinajstić information content (AvgIpc) is 2.27. The van der Waals surface area contributed by atoms with Gasteiger partial charge in [-0.2, -0.15) is 0 Å². The van der Waals surface area contributed by atoms with Crippen molar-refractivity contribution in [1.29, 1.82) is 0 Å². The first kappa shape index (κ1) is 15.2. The summed E-state index contributed by atoms with van der Waals surface area (Å²) in [6, 6.07) is 0.707. The summed E-state index contributed by atoms with van der Waals surface area (Å²) in [5, 5.41) is 10.5. The molecule has 1 aromatic heterocycles. The van der Waals surface area contributed by atoms with E-state index >= 15 is 0 Å². The van der Waals surface area contributed by atoms with Crippen LogP contribution in [0, 0.1) is 10.1 Å². The van der Waals surface area contributed by atoms with Crippen LogP contribution < -0.4 is 0 Å². The molecule has 0 radical (unpaired) electrons. The fourth-order valence-corrected chi connectivity index (χ4v) is 1.65. The Labute approximate surface area is 111 Å². The molecule has 0 atom stereocenters. The topological polar surface area (TPSA) is 82.3 Å². The Morgan fingerprint density at radius 3 is 2.74 bits per heavy atom. The molecule has 1 rings (SSSR count). The Bertz CT molecular complexity index is 511. The number of esters is 1. The van der Waals surface area contributed by atoms with Crippen molar-refractivity contribution in [1.82, 2.24) is 4.98 Å². The number of ether oxygens (including phenoxy) is 1. The van der Waals surface area contributed by atoms with Gasteiger partial charge < -0.3 is 4.74 Å². The first-order chi connectivity index (χ1) is 8.86. The fraction of sp³-hybridized carbons (Fsp3) is 0.400. The summed E-state index contributed by atoms with van der Waals surface area (Å²) in [5.41, 5.74) is -2.22. The van der Waals surface area contributed by atoms with Crippen LogP contribution in [-0.4, -0.2) is 22.5 Å². The number of pyridine rings is 1. The number of aromatic nitrogens is 1. The number of rotatable bonds is 5. The summed E-state index contributed by atoms with van der Waals surface area (Å²) in [7, 11) is 0. The van der Waals surface area contributed by atoms with E-state index < -0.39 is 40.7 Å². The van der Waals surface area contributed by atoms with Gasteiger partial charge in [0.1, 0.15) is 16.4 Å². The van der Waals surface area contributed by atoms with Gasteiger partial charge >= 0.3 is 5.97 Å². The average molecular weight is 295 g/mol. The molecule has 6 nitrogen and oxygen atoms in total. The van der Waals surface area contributed by atoms with Crippen molar-refractivity contribution in [3.8, 4) is 0 Å². The summed E-state index contributed by atoms with van der Waals surface area (Å²) in [6.45, 7) is 1.61. The molecule has 0 fully saturated rings. The van der Waals surface area contributed by atoms with E-state index in [1.807, 2.05) is 0 Å². The maximum atomic E-state index is 12.7. The van der Waals surface area contributed by atoms with Crippen LogP contribution in [0.25, 0.3) is 0 Å². The van der Waals surface area contributed by atoms with Crippen LogP contribution in [0.3, 0.4) is 0 Å². The molecule has 19 heavy (non-hydrogen) atoms. The normalized spacial score (nSPS) is 10.6. The second-order valence-corrected chi connectivity index (χ2v) is 3.76. The highest BCUT2D eigenvalue weighted by Crippen LogP contribution is 2.33. The van der Waals surface area contributed by atoms with Crippen molar-refractivity contribution in [2.45, 2.75) is 19.8 Å². The number of hydrogen-bond acceptors (Lipinski definition) is 5. The number of carbonyl (C=O) groups excluding carboxylic acids is 1. The lowest BCUT2D eigenvalue weighted by molar-refractivity contribution is -0.387. The Morgan fingerprint density at radius 1 is 1.63 bits per heavy atom. The standard InChI is InChI=1S/C10H9ClF2N2O4/c1-2-19-8(16)4-6-9(15(17)18)5(10(12)13)3-7(11)14-6/h3,10H,2,4H2,1H3. The lowest BCUT2D eigenvalue weighted by Crippen LogP contribution is -2.12. The summed E-state index contributed by atoms with van der Waals surface area (Å²) in [6.07, 6.45) is -3.69. The van der Waals surface area contributed by atoms with Crippen LogP contribution in [0.1, 0.15) is 24.6 Å². The first-order valence-electron chi connectivity index (χ1n) is 5.14. The van der Waals surface area contributed by atoms with Gasteiger partial charge in [-0.25, -0.2) is 13.8 Å². The zero-order valence-electron chi connectivity index (χ0n) is 9.73. The molecule has 1 aromatic rings. The molecule has 0 aromatic carbocycles. The van der Waals surface area contributed by atoms with Gasteiger partial charge in [0, 0.05) is 0 Å². The first-order valence-corrected chi connectivity index (χ1v) is 5.52. The SMILES string of the molecule is CCOC(=O)Cc1nc(Cl)cc(C(F)F)c1[N+](=O)[O-]. The molecular weight excluding hydrogens is 286 g/mol. The molecule has 0 saturated heterocycles. The predicted molar refractivity (Wildman–Crippen MR) is 61.2 cm³/mol. The van der Waals surface area contributed by atoms with Gasteiger partial charge in [0.05, 0.1) is 18.0 Å². The minimum Gasteiger partial charge on any atom is -0.466 e. The van der Waals surface area contributed by atoms with Crippen molar-refractivity contribution in [3.05, 3.63) is 32.6 Å². The summed E-state index contributed by atoms with van der Waals surface area (Å²) < 4.78 is 30.0. The molecule has 0 bridgehead atoms. The molecule has 9 heteroatoms. The highest BCUT2D eigenvalue weighted by atomic mass is 35.5. The van der Waals surface area contributed by atoms with E-state index in [0.29, 0.717) is 6.07 Å². The molecule has 0 spiro atoms. The second kappa shape index (κ2) is 6.37. The predicted octanol–water partition coefficient (Wildman–Crippen LogP) is 2.69. The molecule has 0 N–H and O–H groups in total. The highest BCUT2D eigenvalue weighted by molar-refractivity contribution is 6.29. The van der Waals surface area contributed by atoms with E-state index in [4.69, 9.17) is 11.6 Å². The van der Waals surface area contributed by atoms with Crippen LogP contribution >= 0.6 is 11.6 Å². The number of hydrogen-bond donors (Lipinski definition) is 0. The molecule has 0 amide bonds. The third-order valence-electron chi connectivity index (χ3n) is 2.10. The minimum atomic E-state index is -3.10. The molecule has 0 unspecified atom stereocenters. The Kier molecular flexibility index (Phi) is 5.11. The van der Waals surface area contributed by atoms with Crippen LogP contribution in [0.2, 0.25) is 5.15 Å². The third kappa shape index (κ3) is 3.82. The largest absolute Gasteiger partial charge is 0.466 e. The van der Waals surface area contributed by atoms with Gasteiger partial charge in [-0.3, -0.25) is 14.9 Å². The molecule has 0 aliphatic heterocycles. The van der Waals surface area contributed by atoms with Crippen molar-refractivity contribution < 1.29 is 23.2 Å². The van der Waals surface area contributed by atoms with E-state index in [9.17, 15) is 23.7 Å². The summed E-state index contributed by atoms with van der Waals surface area (Å²) in [5.74, 6) is -0.805. The smallest absolute Gasteiger partial charge is 0.312 e. The van der Waals surface area contributed by atoms with Gasteiger partial charge in [0.2, 0.25) is 0 Å². The fourth-order valence-electron chi connectivity index (χ4n) is 1.43. The van der Waals surface area contributed by atoms with E-state index in [1.165, 1.54) is 0 Å². The monoisotopic (exact) mass is 294 g/mol. The quantitative estimate of drug-likeness (QED) is 0.361. The molecule has 0 aliphatic carbocycles. The minimum absolute atomic E-state index is 0.0644. The van der Waals surface area contributed by atoms with Gasteiger partial charge in [0.25, 0.3) is 12.1 Å². The highest BCUT2D eigenvalue weighted by Gasteiger charge is 2.29. The number of nitrogens with zero attached hydrogens (tertiary/aromatic N) is 2. The van der Waals surface area contributed by atoms with E-state index in [2.05, 4.69) is 9.72 Å². The Balaban J connectivity index is 3.28. The molecule has 0 saturated carbocycles. The number of alkyl halides is 2. The summed E-state index contributed by atoms with van der Waals surface area (Å²) in [4.78, 5) is 24.6. The maximum Gasteiger partial charge on any atom is 0.312 e. The van der Waals surface area contributed by atoms with Crippen molar-refractivity contribution in [2.75, 3.05) is 6.61 Å². The van der Waals surface area contributed by atoms with Crippen LogP contribution in [0.15, 0.2) is 6.07 Å². The Morgan fingerprint density at radius 2 is 2.26 bits per heavy atom. The maximum absolute atomic E-state index is 12.7. The van der Waals surface area contributed by atoms with Crippen molar-refractivity contribution in [3.63, 3.8) is 0 Å². The zero-order chi connectivity index (χ0) is 14.6. The number of nitro groups is 1. The van der Waals surface area contributed by atoms with Crippen LogP contribution in [0.5, 0.6) is 0 Å². The third-order valence-corrected chi connectivity index (χ3v) is 2.29. The molecule has 104 valence electrons. The van der Waals surface area contributed by atoms with Gasteiger partial charge in [0.15, 0.2) is 0 Å². The second-order valence-electron chi connectivity index (χ2n) is 3.37. The van der Waals surface area contributed by atoms with Crippen LogP contribution in [0.4, 0.5) is 14.5 Å². The number of carbonyl (C=O) groups is 1. The van der Waals surface area contributed by atoms with E-state index in [1.54, 1.807) is 6.92 Å². The van der Waals surface area contributed by atoms with Crippen LogP contribution in [-0.2, 0) is 16.0 Å². The molecule has 1 heterocycles. The lowest BCUT2D eigenvalue weighted by Gasteiger charge is -2.07. The molecule has 0 aliphatic rings. The van der Waals surface area contributed by atoms with E-state index in [0.717, 1.165) is 0 Å². The summed E-state index contributed by atoms with van der Waals surface area (Å²) >= 11 is 5.51. The Hall–Kier alpha value is -1.83. The number of halogens is 3. The van der Waals surface area contributed by atoms with Gasteiger partial charge in [-0.05, 0) is 13.0 Å². The van der Waals surface area contributed by atoms with Gasteiger partial charge in [-0.15, -0.1) is 0 Å². The lowest BCUT2D eigenvalue weighted by atomic mass is 10.1. The van der Waals surface area contributed by atoms with Crippen molar-refractivity contribution >= 4 is 23.3 Å². The van der Waals surface area contributed by atoms with Crippen molar-refractivity contribution in [2.24, 2.45) is 0 Å². The zero-order valence-corrected chi connectivity index (χ0v) is 10.5.